The number of benzene rings is 3. The van der Waals surface area contributed by atoms with E-state index in [0.29, 0.717) is 39.4 Å². The van der Waals surface area contributed by atoms with Gasteiger partial charge in [-0.3, -0.25) is 9.59 Å². The SMILES string of the molecule is C=CC(=O)Nc1ccccc1Nc1nc(Nc2ccc3c(c2)C(=Cc2ccccc2C)C(=O)N3)ncc1Cl. The van der Waals surface area contributed by atoms with Gasteiger partial charge in [-0.05, 0) is 60.5 Å². The molecule has 0 fully saturated rings. The van der Waals surface area contributed by atoms with E-state index in [9.17, 15) is 9.59 Å². The highest BCUT2D eigenvalue weighted by Gasteiger charge is 2.24. The number of fused-ring (bicyclic) bond motifs is 1. The molecule has 2 heterocycles. The molecular weight excluding hydrogens is 500 g/mol. The summed E-state index contributed by atoms with van der Waals surface area (Å²) in [5.74, 6) is 0.154. The third-order valence-corrected chi connectivity index (χ3v) is 6.19. The Balaban J connectivity index is 1.41. The molecule has 0 spiro atoms. The van der Waals surface area contributed by atoms with Gasteiger partial charge in [0.25, 0.3) is 5.91 Å². The maximum atomic E-state index is 12.7. The lowest BCUT2D eigenvalue weighted by Crippen LogP contribution is -2.09. The molecule has 0 saturated heterocycles. The van der Waals surface area contributed by atoms with Gasteiger partial charge >= 0.3 is 0 Å². The lowest BCUT2D eigenvalue weighted by atomic mass is 10.0. The summed E-state index contributed by atoms with van der Waals surface area (Å²) in [4.78, 5) is 33.3. The third-order valence-electron chi connectivity index (χ3n) is 5.91. The lowest BCUT2D eigenvalue weighted by molar-refractivity contribution is -0.112. The summed E-state index contributed by atoms with van der Waals surface area (Å²) in [7, 11) is 0. The second-order valence-corrected chi connectivity index (χ2v) is 8.92. The number of nitrogens with one attached hydrogen (secondary N) is 4. The number of halogens is 1. The molecule has 188 valence electrons. The summed E-state index contributed by atoms with van der Waals surface area (Å²) < 4.78 is 0. The van der Waals surface area contributed by atoms with Crippen LogP contribution in [0.4, 0.5) is 34.5 Å². The fourth-order valence-electron chi connectivity index (χ4n) is 3.97. The van der Waals surface area contributed by atoms with E-state index in [-0.39, 0.29) is 11.8 Å². The largest absolute Gasteiger partial charge is 0.337 e. The third kappa shape index (κ3) is 5.25. The Morgan fingerprint density at radius 2 is 1.79 bits per heavy atom. The van der Waals surface area contributed by atoms with Crippen LogP contribution in [-0.4, -0.2) is 21.8 Å². The van der Waals surface area contributed by atoms with Crippen LogP contribution in [0.2, 0.25) is 5.02 Å². The molecule has 0 bridgehead atoms. The first-order chi connectivity index (χ1) is 18.4. The van der Waals surface area contributed by atoms with Gasteiger partial charge in [-0.1, -0.05) is 54.6 Å². The van der Waals surface area contributed by atoms with Gasteiger partial charge in [0.05, 0.1) is 17.6 Å². The van der Waals surface area contributed by atoms with E-state index in [1.807, 2.05) is 61.5 Å². The van der Waals surface area contributed by atoms with Crippen molar-refractivity contribution in [1.82, 2.24) is 9.97 Å². The van der Waals surface area contributed by atoms with E-state index in [1.54, 1.807) is 18.2 Å². The molecular formula is C29H23ClN6O2. The van der Waals surface area contributed by atoms with Crippen LogP contribution in [0.15, 0.2) is 85.6 Å². The van der Waals surface area contributed by atoms with Crippen LogP contribution in [-0.2, 0) is 9.59 Å². The molecule has 1 aliphatic heterocycles. The van der Waals surface area contributed by atoms with Crippen molar-refractivity contribution >= 4 is 69.6 Å². The van der Waals surface area contributed by atoms with Crippen LogP contribution in [0.5, 0.6) is 0 Å². The number of nitrogens with zero attached hydrogens (tertiary/aromatic N) is 2. The Kier molecular flexibility index (Phi) is 6.88. The van der Waals surface area contributed by atoms with Crippen molar-refractivity contribution in [2.24, 2.45) is 0 Å². The number of carbonyl (C=O) groups excluding carboxylic acids is 2. The first-order valence-corrected chi connectivity index (χ1v) is 12.1. The molecule has 0 unspecified atom stereocenters. The van der Waals surface area contributed by atoms with Gasteiger partial charge in [-0.15, -0.1) is 0 Å². The lowest BCUT2D eigenvalue weighted by Gasteiger charge is -2.14. The van der Waals surface area contributed by atoms with Crippen molar-refractivity contribution in [3.05, 3.63) is 107 Å². The monoisotopic (exact) mass is 522 g/mol. The van der Waals surface area contributed by atoms with Crippen LogP contribution < -0.4 is 21.3 Å². The summed E-state index contributed by atoms with van der Waals surface area (Å²) >= 11 is 6.36. The molecule has 2 amide bonds. The van der Waals surface area contributed by atoms with Crippen LogP contribution in [0.1, 0.15) is 16.7 Å². The zero-order chi connectivity index (χ0) is 26.6. The average Bonchev–Trinajstić information content (AvgIpc) is 3.22. The number of anilines is 6. The summed E-state index contributed by atoms with van der Waals surface area (Å²) in [6, 6.07) is 20.6. The molecule has 8 nitrogen and oxygen atoms in total. The van der Waals surface area contributed by atoms with Crippen molar-refractivity contribution in [1.29, 1.82) is 0 Å². The molecule has 0 radical (unpaired) electrons. The average molecular weight is 523 g/mol. The first kappa shape index (κ1) is 24.7. The highest BCUT2D eigenvalue weighted by atomic mass is 35.5. The Morgan fingerprint density at radius 1 is 1.03 bits per heavy atom. The van der Waals surface area contributed by atoms with Gasteiger partial charge in [0.2, 0.25) is 11.9 Å². The van der Waals surface area contributed by atoms with Gasteiger partial charge < -0.3 is 21.3 Å². The van der Waals surface area contributed by atoms with E-state index in [2.05, 4.69) is 37.8 Å². The topological polar surface area (TPSA) is 108 Å². The van der Waals surface area contributed by atoms with Crippen molar-refractivity contribution in [2.45, 2.75) is 6.92 Å². The fourth-order valence-corrected chi connectivity index (χ4v) is 4.11. The van der Waals surface area contributed by atoms with Crippen LogP contribution in [0.3, 0.4) is 0 Å². The standard InChI is InChI=1S/C29H23ClN6O2/c1-3-26(37)33-24-10-6-7-11-25(24)34-27-22(30)16-31-29(36-27)32-19-12-13-23-20(15-19)21(28(38)35-23)14-18-9-5-4-8-17(18)2/h3-16H,1H2,2H3,(H,33,37)(H,35,38)(H2,31,32,34,36). The number of hydrogen-bond acceptors (Lipinski definition) is 6. The molecule has 4 aromatic rings. The van der Waals surface area contributed by atoms with E-state index < -0.39 is 0 Å². The molecule has 1 aromatic heterocycles. The smallest absolute Gasteiger partial charge is 0.256 e. The summed E-state index contributed by atoms with van der Waals surface area (Å²) in [5.41, 5.74) is 5.99. The normalized spacial score (nSPS) is 13.0. The molecule has 0 aliphatic carbocycles. The zero-order valence-electron chi connectivity index (χ0n) is 20.4. The predicted octanol–water partition coefficient (Wildman–Crippen LogP) is 6.54. The van der Waals surface area contributed by atoms with Gasteiger partial charge in [0.1, 0.15) is 5.02 Å². The summed E-state index contributed by atoms with van der Waals surface area (Å²) in [6.45, 7) is 5.49. The van der Waals surface area contributed by atoms with Crippen molar-refractivity contribution in [3.63, 3.8) is 0 Å². The number of amides is 2. The molecule has 38 heavy (non-hydrogen) atoms. The predicted molar refractivity (Wildman–Crippen MR) is 153 cm³/mol. The Hall–Kier alpha value is -4.95. The maximum Gasteiger partial charge on any atom is 0.256 e. The Labute approximate surface area is 224 Å². The number of carbonyl (C=O) groups is 2. The van der Waals surface area contributed by atoms with Gasteiger partial charge in [-0.2, -0.15) is 4.98 Å². The molecule has 5 rings (SSSR count). The second-order valence-electron chi connectivity index (χ2n) is 8.51. The molecule has 0 atom stereocenters. The molecule has 9 heteroatoms. The zero-order valence-corrected chi connectivity index (χ0v) is 21.1. The summed E-state index contributed by atoms with van der Waals surface area (Å²) in [5, 5.41) is 12.3. The minimum atomic E-state index is -0.337. The fraction of sp³-hybridized carbons (Fsp3) is 0.0345. The van der Waals surface area contributed by atoms with E-state index in [1.165, 1.54) is 12.3 Å². The second kappa shape index (κ2) is 10.6. The van der Waals surface area contributed by atoms with E-state index in [4.69, 9.17) is 11.6 Å². The van der Waals surface area contributed by atoms with Crippen LogP contribution in [0.25, 0.3) is 11.6 Å². The number of rotatable bonds is 7. The number of hydrogen-bond donors (Lipinski definition) is 4. The minimum absolute atomic E-state index is 0.156. The maximum absolute atomic E-state index is 12.7. The molecule has 3 aromatic carbocycles. The van der Waals surface area contributed by atoms with Gasteiger partial charge in [-0.25, -0.2) is 4.98 Å². The highest BCUT2D eigenvalue weighted by molar-refractivity contribution is 6.35. The number of aromatic nitrogens is 2. The minimum Gasteiger partial charge on any atom is -0.337 e. The van der Waals surface area contributed by atoms with Crippen molar-refractivity contribution in [3.8, 4) is 0 Å². The van der Waals surface area contributed by atoms with Crippen molar-refractivity contribution < 1.29 is 9.59 Å². The summed E-state index contributed by atoms with van der Waals surface area (Å²) in [6.07, 6.45) is 4.56. The Morgan fingerprint density at radius 3 is 2.58 bits per heavy atom. The molecule has 1 aliphatic rings. The van der Waals surface area contributed by atoms with Crippen LogP contribution in [0, 0.1) is 6.92 Å². The van der Waals surface area contributed by atoms with Crippen LogP contribution >= 0.6 is 11.6 Å². The number of aryl methyl sites for hydroxylation is 1. The van der Waals surface area contributed by atoms with E-state index >= 15 is 0 Å². The van der Waals surface area contributed by atoms with Gasteiger partial charge in [0.15, 0.2) is 5.82 Å². The highest BCUT2D eigenvalue weighted by Crippen LogP contribution is 2.36. The first-order valence-electron chi connectivity index (χ1n) is 11.7. The quantitative estimate of drug-likeness (QED) is 0.205. The van der Waals surface area contributed by atoms with Gasteiger partial charge in [0, 0.05) is 22.5 Å². The molecule has 4 N–H and O–H groups in total. The Bertz CT molecular complexity index is 1610. The van der Waals surface area contributed by atoms with E-state index in [0.717, 1.165) is 22.4 Å². The van der Waals surface area contributed by atoms with Crippen molar-refractivity contribution in [2.75, 3.05) is 21.3 Å². The molecule has 0 saturated carbocycles. The number of para-hydroxylation sites is 2.